The lowest BCUT2D eigenvalue weighted by molar-refractivity contribution is -0.00610. The van der Waals surface area contributed by atoms with E-state index in [1.54, 1.807) is 0 Å². The molecule has 1 aliphatic heterocycles. The van der Waals surface area contributed by atoms with Crippen molar-refractivity contribution < 1.29 is 4.74 Å². The van der Waals surface area contributed by atoms with Gasteiger partial charge in [0.25, 0.3) is 0 Å². The fourth-order valence-corrected chi connectivity index (χ4v) is 2.53. The van der Waals surface area contributed by atoms with Gasteiger partial charge in [0.05, 0.1) is 13.2 Å². The number of nitrogens with zero attached hydrogens (tertiary/aromatic N) is 1. The van der Waals surface area contributed by atoms with Crippen LogP contribution in [0.3, 0.4) is 0 Å². The van der Waals surface area contributed by atoms with Crippen molar-refractivity contribution in [2.75, 3.05) is 39.4 Å². The van der Waals surface area contributed by atoms with Crippen LogP contribution in [0.1, 0.15) is 18.9 Å². The standard InChI is InChI=1S/C16H26N2O/c1-2-9-17-13-16-14-19-12-11-18(16)10-8-15-6-4-3-5-7-15/h3-7,16-17H,2,8-14H2,1H3. The van der Waals surface area contributed by atoms with E-state index in [0.717, 1.165) is 45.8 Å². The van der Waals surface area contributed by atoms with Crippen LogP contribution in [0.25, 0.3) is 0 Å². The zero-order valence-electron chi connectivity index (χ0n) is 12.0. The summed E-state index contributed by atoms with van der Waals surface area (Å²) < 4.78 is 5.61. The molecule has 0 aliphatic carbocycles. The summed E-state index contributed by atoms with van der Waals surface area (Å²) in [6, 6.07) is 11.3. The fourth-order valence-electron chi connectivity index (χ4n) is 2.53. The molecule has 1 unspecified atom stereocenters. The first-order valence-electron chi connectivity index (χ1n) is 7.46. The normalized spacial score (nSPS) is 20.6. The van der Waals surface area contributed by atoms with E-state index in [1.807, 2.05) is 0 Å². The molecule has 0 spiro atoms. The van der Waals surface area contributed by atoms with Gasteiger partial charge < -0.3 is 10.1 Å². The van der Waals surface area contributed by atoms with Gasteiger partial charge in [-0.1, -0.05) is 37.3 Å². The van der Waals surface area contributed by atoms with Crippen molar-refractivity contribution in [3.63, 3.8) is 0 Å². The van der Waals surface area contributed by atoms with E-state index in [4.69, 9.17) is 4.74 Å². The molecular formula is C16H26N2O. The van der Waals surface area contributed by atoms with Crippen LogP contribution in [0.15, 0.2) is 30.3 Å². The van der Waals surface area contributed by atoms with Crippen molar-refractivity contribution in [1.29, 1.82) is 0 Å². The number of morpholine rings is 1. The van der Waals surface area contributed by atoms with Crippen molar-refractivity contribution >= 4 is 0 Å². The molecule has 0 radical (unpaired) electrons. The lowest BCUT2D eigenvalue weighted by atomic mass is 10.1. The van der Waals surface area contributed by atoms with Gasteiger partial charge in [-0.3, -0.25) is 4.90 Å². The minimum absolute atomic E-state index is 0.531. The highest BCUT2D eigenvalue weighted by Crippen LogP contribution is 2.08. The average molecular weight is 262 g/mol. The van der Waals surface area contributed by atoms with E-state index in [2.05, 4.69) is 47.5 Å². The Bertz CT molecular complexity index is 342. The molecule has 3 nitrogen and oxygen atoms in total. The third-order valence-corrected chi connectivity index (χ3v) is 3.69. The Labute approximate surface area is 116 Å². The van der Waals surface area contributed by atoms with Gasteiger partial charge in [0.1, 0.15) is 0 Å². The summed E-state index contributed by atoms with van der Waals surface area (Å²) >= 11 is 0. The van der Waals surface area contributed by atoms with Gasteiger partial charge in [-0.2, -0.15) is 0 Å². The third kappa shape index (κ3) is 4.94. The molecule has 1 aliphatic rings. The van der Waals surface area contributed by atoms with Crippen LogP contribution in [0.2, 0.25) is 0 Å². The minimum Gasteiger partial charge on any atom is -0.378 e. The quantitative estimate of drug-likeness (QED) is 0.760. The van der Waals surface area contributed by atoms with E-state index in [0.29, 0.717) is 6.04 Å². The maximum absolute atomic E-state index is 5.61. The maximum Gasteiger partial charge on any atom is 0.0634 e. The Morgan fingerprint density at radius 3 is 2.95 bits per heavy atom. The Balaban J connectivity index is 1.78. The summed E-state index contributed by atoms with van der Waals surface area (Å²) in [5.74, 6) is 0. The number of hydrogen-bond donors (Lipinski definition) is 1. The van der Waals surface area contributed by atoms with Crippen LogP contribution in [0.5, 0.6) is 0 Å². The molecule has 0 amide bonds. The molecule has 1 heterocycles. The molecular weight excluding hydrogens is 236 g/mol. The second-order valence-electron chi connectivity index (χ2n) is 5.20. The highest BCUT2D eigenvalue weighted by molar-refractivity contribution is 5.14. The van der Waals surface area contributed by atoms with Gasteiger partial charge in [-0.15, -0.1) is 0 Å². The molecule has 0 aromatic heterocycles. The first-order valence-corrected chi connectivity index (χ1v) is 7.46. The smallest absolute Gasteiger partial charge is 0.0634 e. The van der Waals surface area contributed by atoms with Crippen molar-refractivity contribution in [1.82, 2.24) is 10.2 Å². The van der Waals surface area contributed by atoms with E-state index in [-0.39, 0.29) is 0 Å². The Morgan fingerprint density at radius 1 is 1.32 bits per heavy atom. The molecule has 2 rings (SSSR count). The summed E-state index contributed by atoms with van der Waals surface area (Å²) in [5, 5.41) is 3.51. The van der Waals surface area contributed by atoms with Crippen LogP contribution < -0.4 is 5.32 Å². The number of ether oxygens (including phenoxy) is 1. The van der Waals surface area contributed by atoms with E-state index < -0.39 is 0 Å². The van der Waals surface area contributed by atoms with Crippen LogP contribution in [-0.4, -0.2) is 50.3 Å². The van der Waals surface area contributed by atoms with Crippen molar-refractivity contribution in [2.45, 2.75) is 25.8 Å². The van der Waals surface area contributed by atoms with Gasteiger partial charge >= 0.3 is 0 Å². The van der Waals surface area contributed by atoms with Crippen LogP contribution in [0, 0.1) is 0 Å². The lowest BCUT2D eigenvalue weighted by Crippen LogP contribution is -2.51. The number of rotatable bonds is 7. The molecule has 1 aromatic carbocycles. The molecule has 0 bridgehead atoms. The summed E-state index contributed by atoms with van der Waals surface area (Å²) in [7, 11) is 0. The number of nitrogens with one attached hydrogen (secondary N) is 1. The highest BCUT2D eigenvalue weighted by atomic mass is 16.5. The first-order chi connectivity index (χ1) is 9.40. The average Bonchev–Trinajstić information content (AvgIpc) is 2.48. The summed E-state index contributed by atoms with van der Waals surface area (Å²) in [6.07, 6.45) is 2.32. The van der Waals surface area contributed by atoms with Crippen LogP contribution in [0.4, 0.5) is 0 Å². The second kappa shape index (κ2) is 8.31. The maximum atomic E-state index is 5.61. The number of hydrogen-bond acceptors (Lipinski definition) is 3. The molecule has 3 heteroatoms. The molecule has 1 atom stereocenters. The second-order valence-corrected chi connectivity index (χ2v) is 5.20. The zero-order chi connectivity index (χ0) is 13.3. The number of benzene rings is 1. The van der Waals surface area contributed by atoms with Gasteiger partial charge in [0.2, 0.25) is 0 Å². The lowest BCUT2D eigenvalue weighted by Gasteiger charge is -2.35. The molecule has 106 valence electrons. The topological polar surface area (TPSA) is 24.5 Å². The van der Waals surface area contributed by atoms with E-state index in [1.165, 1.54) is 12.0 Å². The molecule has 19 heavy (non-hydrogen) atoms. The molecule has 1 saturated heterocycles. The minimum atomic E-state index is 0.531. The van der Waals surface area contributed by atoms with Crippen molar-refractivity contribution in [3.8, 4) is 0 Å². The Kier molecular flexibility index (Phi) is 6.34. The van der Waals surface area contributed by atoms with Gasteiger partial charge in [0.15, 0.2) is 0 Å². The highest BCUT2D eigenvalue weighted by Gasteiger charge is 2.21. The predicted molar refractivity (Wildman–Crippen MR) is 79.5 cm³/mol. The Morgan fingerprint density at radius 2 is 2.16 bits per heavy atom. The van der Waals surface area contributed by atoms with Gasteiger partial charge in [-0.25, -0.2) is 0 Å². The van der Waals surface area contributed by atoms with Crippen molar-refractivity contribution in [2.24, 2.45) is 0 Å². The zero-order valence-corrected chi connectivity index (χ0v) is 12.0. The van der Waals surface area contributed by atoms with Crippen LogP contribution >= 0.6 is 0 Å². The summed E-state index contributed by atoms with van der Waals surface area (Å²) in [6.45, 7) is 8.28. The van der Waals surface area contributed by atoms with Gasteiger partial charge in [0, 0.05) is 25.7 Å². The largest absolute Gasteiger partial charge is 0.378 e. The SMILES string of the molecule is CCCNCC1COCCN1CCc1ccccc1. The Hall–Kier alpha value is -0.900. The summed E-state index contributed by atoms with van der Waals surface area (Å²) in [5.41, 5.74) is 1.43. The molecule has 0 saturated carbocycles. The molecule has 1 aromatic rings. The fraction of sp³-hybridized carbons (Fsp3) is 0.625. The van der Waals surface area contributed by atoms with Gasteiger partial charge in [-0.05, 0) is 24.9 Å². The van der Waals surface area contributed by atoms with E-state index in [9.17, 15) is 0 Å². The first kappa shape index (κ1) is 14.5. The predicted octanol–water partition coefficient (Wildman–Crippen LogP) is 1.93. The van der Waals surface area contributed by atoms with Crippen LogP contribution in [-0.2, 0) is 11.2 Å². The molecule has 1 N–H and O–H groups in total. The van der Waals surface area contributed by atoms with E-state index >= 15 is 0 Å². The monoisotopic (exact) mass is 262 g/mol. The van der Waals surface area contributed by atoms with Crippen molar-refractivity contribution in [3.05, 3.63) is 35.9 Å². The molecule has 1 fully saturated rings. The third-order valence-electron chi connectivity index (χ3n) is 3.69. The summed E-state index contributed by atoms with van der Waals surface area (Å²) in [4.78, 5) is 2.57.